The van der Waals surface area contributed by atoms with Crippen molar-refractivity contribution in [1.82, 2.24) is 5.32 Å². The minimum absolute atomic E-state index is 0.00527. The first-order valence-corrected chi connectivity index (χ1v) is 11.3. The molecule has 0 heterocycles. The smallest absolute Gasteiger partial charge is 0.161 e. The number of allylic oxidation sites excluding steroid dienone is 4. The lowest BCUT2D eigenvalue weighted by molar-refractivity contribution is -0.144. The number of hydrogen-bond donors (Lipinski definition) is 2. The summed E-state index contributed by atoms with van der Waals surface area (Å²) in [7, 11) is 1.90. The van der Waals surface area contributed by atoms with Crippen LogP contribution in [-0.2, 0) is 14.4 Å². The molecule has 2 N–H and O–H groups in total. The van der Waals surface area contributed by atoms with Crippen molar-refractivity contribution in [2.75, 3.05) is 7.05 Å². The number of aliphatic hydroxyl groups is 1. The molecule has 6 atom stereocenters. The highest BCUT2D eigenvalue weighted by Crippen LogP contribution is 2.51. The Morgan fingerprint density at radius 2 is 1.87 bits per heavy atom. The number of carbonyl (C=O) groups excluding carboxylic acids is 3. The fourth-order valence-electron chi connectivity index (χ4n) is 5.43. The molecule has 0 aromatic heterocycles. The van der Waals surface area contributed by atoms with E-state index in [9.17, 15) is 19.5 Å². The number of rotatable bonds is 5. The van der Waals surface area contributed by atoms with Crippen LogP contribution in [-0.4, -0.2) is 42.2 Å². The summed E-state index contributed by atoms with van der Waals surface area (Å²) in [5.41, 5.74) is 0.966. The van der Waals surface area contributed by atoms with Gasteiger partial charge in [-0.3, -0.25) is 9.59 Å². The SMILES string of the molecule is CN[C@@H](CC(C)C)[C@@H]1[C@H](C)C(C)=C[C@@H]2/C=C(\C)CCC(=O)[C@@H](O)CCC(=O)[C@@]12C=O. The Morgan fingerprint density at radius 3 is 2.43 bits per heavy atom. The van der Waals surface area contributed by atoms with Gasteiger partial charge in [-0.15, -0.1) is 0 Å². The highest BCUT2D eigenvalue weighted by molar-refractivity contribution is 6.00. The van der Waals surface area contributed by atoms with Crippen LogP contribution in [0.3, 0.4) is 0 Å². The molecule has 5 nitrogen and oxygen atoms in total. The predicted octanol–water partition coefficient (Wildman–Crippen LogP) is 3.65. The molecule has 0 radical (unpaired) electrons. The summed E-state index contributed by atoms with van der Waals surface area (Å²) in [6.45, 7) is 10.4. The number of aldehydes is 1. The molecule has 0 bridgehead atoms. The molecule has 2 rings (SSSR count). The third-order valence-corrected chi connectivity index (χ3v) is 7.26. The van der Waals surface area contributed by atoms with E-state index in [0.717, 1.165) is 18.3 Å². The lowest BCUT2D eigenvalue weighted by atomic mass is 9.53. The Balaban J connectivity index is 2.69. The maximum Gasteiger partial charge on any atom is 0.161 e. The highest BCUT2D eigenvalue weighted by atomic mass is 16.3. The number of fused-ring (bicyclic) bond motifs is 1. The summed E-state index contributed by atoms with van der Waals surface area (Å²) in [4.78, 5) is 38.8. The summed E-state index contributed by atoms with van der Waals surface area (Å²) < 4.78 is 0. The van der Waals surface area contributed by atoms with Gasteiger partial charge in [-0.2, -0.15) is 0 Å². The molecule has 0 amide bonds. The van der Waals surface area contributed by atoms with Gasteiger partial charge in [0.15, 0.2) is 5.78 Å². The molecular formula is C25H39NO4. The van der Waals surface area contributed by atoms with Crippen molar-refractivity contribution >= 4 is 17.9 Å². The fourth-order valence-corrected chi connectivity index (χ4v) is 5.43. The number of ketones is 2. The third kappa shape index (κ3) is 4.83. The molecule has 2 aliphatic rings. The lowest BCUT2D eigenvalue weighted by Gasteiger charge is -2.50. The minimum Gasteiger partial charge on any atom is -0.385 e. The summed E-state index contributed by atoms with van der Waals surface area (Å²) in [5, 5.41) is 13.7. The van der Waals surface area contributed by atoms with Gasteiger partial charge in [0.25, 0.3) is 0 Å². The first kappa shape index (κ1) is 24.7. The molecule has 0 saturated heterocycles. The van der Waals surface area contributed by atoms with E-state index in [1.54, 1.807) is 0 Å². The zero-order chi connectivity index (χ0) is 22.6. The van der Waals surface area contributed by atoms with E-state index in [2.05, 4.69) is 39.1 Å². The van der Waals surface area contributed by atoms with E-state index in [1.807, 2.05) is 20.0 Å². The number of aliphatic hydroxyl groups excluding tert-OH is 1. The van der Waals surface area contributed by atoms with Crippen molar-refractivity contribution in [3.63, 3.8) is 0 Å². The van der Waals surface area contributed by atoms with Crippen LogP contribution < -0.4 is 5.32 Å². The maximum atomic E-state index is 13.7. The Morgan fingerprint density at radius 1 is 1.20 bits per heavy atom. The van der Waals surface area contributed by atoms with Crippen LogP contribution in [0.5, 0.6) is 0 Å². The third-order valence-electron chi connectivity index (χ3n) is 7.26. The zero-order valence-corrected chi connectivity index (χ0v) is 19.4. The molecule has 0 aromatic rings. The van der Waals surface area contributed by atoms with Gasteiger partial charge in [-0.25, -0.2) is 0 Å². The molecule has 0 fully saturated rings. The first-order chi connectivity index (χ1) is 14.1. The van der Waals surface area contributed by atoms with Crippen molar-refractivity contribution in [3.8, 4) is 0 Å². The van der Waals surface area contributed by atoms with Gasteiger partial charge in [0.1, 0.15) is 18.2 Å². The second kappa shape index (κ2) is 10.1. The fraction of sp³-hybridized carbons (Fsp3) is 0.720. The predicted molar refractivity (Wildman–Crippen MR) is 119 cm³/mol. The van der Waals surface area contributed by atoms with Crippen LogP contribution in [0, 0.1) is 29.1 Å². The average molecular weight is 418 g/mol. The van der Waals surface area contributed by atoms with Crippen molar-refractivity contribution in [2.24, 2.45) is 29.1 Å². The summed E-state index contributed by atoms with van der Waals surface area (Å²) >= 11 is 0. The van der Waals surface area contributed by atoms with Crippen LogP contribution in [0.4, 0.5) is 0 Å². The maximum absolute atomic E-state index is 13.7. The Hall–Kier alpha value is -1.59. The quantitative estimate of drug-likeness (QED) is 0.405. The number of Topliss-reactive ketones (excluding diaryl/α,β-unsaturated/α-hetero) is 2. The van der Waals surface area contributed by atoms with Gasteiger partial charge in [-0.1, -0.05) is 44.1 Å². The molecule has 2 aliphatic carbocycles. The summed E-state index contributed by atoms with van der Waals surface area (Å²) in [6.07, 6.45) is 5.59. The van der Waals surface area contributed by atoms with E-state index in [-0.39, 0.29) is 54.6 Å². The second-order valence-electron chi connectivity index (χ2n) is 9.78. The average Bonchev–Trinajstić information content (AvgIpc) is 2.71. The lowest BCUT2D eigenvalue weighted by Crippen LogP contribution is -2.57. The molecule has 5 heteroatoms. The number of nitrogens with one attached hydrogen (secondary N) is 1. The van der Waals surface area contributed by atoms with Gasteiger partial charge in [0.05, 0.1) is 5.41 Å². The van der Waals surface area contributed by atoms with Crippen molar-refractivity contribution in [1.29, 1.82) is 0 Å². The Labute approximate surface area is 181 Å². The monoisotopic (exact) mass is 417 g/mol. The normalized spacial score (nSPS) is 36.3. The molecule has 0 aliphatic heterocycles. The Kier molecular flexibility index (Phi) is 8.35. The molecule has 0 aromatic carbocycles. The largest absolute Gasteiger partial charge is 0.385 e. The van der Waals surface area contributed by atoms with E-state index in [4.69, 9.17) is 0 Å². The molecular weight excluding hydrogens is 378 g/mol. The van der Waals surface area contributed by atoms with E-state index < -0.39 is 11.5 Å². The van der Waals surface area contributed by atoms with Crippen LogP contribution >= 0.6 is 0 Å². The molecule has 30 heavy (non-hydrogen) atoms. The van der Waals surface area contributed by atoms with Crippen LogP contribution in [0.2, 0.25) is 0 Å². The van der Waals surface area contributed by atoms with E-state index in [0.29, 0.717) is 12.3 Å². The van der Waals surface area contributed by atoms with Crippen LogP contribution in [0.15, 0.2) is 23.3 Å². The van der Waals surface area contributed by atoms with E-state index >= 15 is 0 Å². The minimum atomic E-state index is -1.20. The van der Waals surface area contributed by atoms with Crippen molar-refractivity contribution in [3.05, 3.63) is 23.3 Å². The van der Waals surface area contributed by atoms with Crippen molar-refractivity contribution < 1.29 is 19.5 Å². The highest BCUT2D eigenvalue weighted by Gasteiger charge is 2.56. The standard InChI is InChI=1S/C25H39NO4/c1-15(2)11-20(26-6)24-18(5)17(4)13-19-12-16(3)7-8-21(28)22(29)9-10-23(30)25(19,24)14-27/h12-15,18-20,22,24,26,29H,7-11H2,1-6H3/b16-12+/t18-,19+,20+,22+,24+,25+/m1/s1. The van der Waals surface area contributed by atoms with Gasteiger partial charge in [-0.05, 0) is 52.0 Å². The van der Waals surface area contributed by atoms with Crippen LogP contribution in [0.25, 0.3) is 0 Å². The molecule has 168 valence electrons. The zero-order valence-electron chi connectivity index (χ0n) is 19.4. The Bertz CT molecular complexity index is 723. The van der Waals surface area contributed by atoms with Gasteiger partial charge in [0.2, 0.25) is 0 Å². The first-order valence-electron chi connectivity index (χ1n) is 11.3. The second-order valence-corrected chi connectivity index (χ2v) is 9.78. The number of hydrogen-bond acceptors (Lipinski definition) is 5. The molecule has 0 saturated carbocycles. The molecule has 0 spiro atoms. The number of carbonyl (C=O) groups is 3. The topological polar surface area (TPSA) is 83.5 Å². The van der Waals surface area contributed by atoms with Crippen LogP contribution in [0.1, 0.15) is 66.7 Å². The molecule has 0 unspecified atom stereocenters. The van der Waals surface area contributed by atoms with Crippen molar-refractivity contribution in [2.45, 2.75) is 78.9 Å². The van der Waals surface area contributed by atoms with Gasteiger partial charge in [0, 0.05) is 30.7 Å². The van der Waals surface area contributed by atoms with E-state index in [1.165, 1.54) is 5.57 Å². The summed E-state index contributed by atoms with van der Waals surface area (Å²) in [6, 6.07) is 0.00527. The van der Waals surface area contributed by atoms with Gasteiger partial charge >= 0.3 is 0 Å². The van der Waals surface area contributed by atoms with Gasteiger partial charge < -0.3 is 15.2 Å². The summed E-state index contributed by atoms with van der Waals surface area (Å²) in [5.74, 6) is -0.441.